The molecule has 0 unspecified atom stereocenters. The molecule has 170 valence electrons. The van der Waals surface area contributed by atoms with E-state index >= 15 is 0 Å². The number of carbonyl (C=O) groups is 1. The van der Waals surface area contributed by atoms with Crippen LogP contribution in [0.15, 0.2) is 59.1 Å². The van der Waals surface area contributed by atoms with Crippen molar-refractivity contribution in [2.24, 2.45) is 0 Å². The lowest BCUT2D eigenvalue weighted by atomic mass is 10.0. The van der Waals surface area contributed by atoms with Crippen LogP contribution in [0.25, 0.3) is 11.6 Å². The fourth-order valence-corrected chi connectivity index (χ4v) is 3.78. The van der Waals surface area contributed by atoms with Crippen LogP contribution in [0, 0.1) is 5.82 Å². The average molecular weight is 522 g/mol. The van der Waals surface area contributed by atoms with Crippen LogP contribution in [0.1, 0.15) is 22.3 Å². The van der Waals surface area contributed by atoms with Crippen LogP contribution in [0.3, 0.4) is 0 Å². The zero-order chi connectivity index (χ0) is 23.8. The summed E-state index contributed by atoms with van der Waals surface area (Å²) in [6, 6.07) is 12.3. The van der Waals surface area contributed by atoms with Crippen molar-refractivity contribution in [2.75, 3.05) is 12.4 Å². The minimum atomic E-state index is -4.51. The van der Waals surface area contributed by atoms with Gasteiger partial charge in [-0.2, -0.15) is 13.2 Å². The Bertz CT molecular complexity index is 1250. The lowest BCUT2D eigenvalue weighted by Gasteiger charge is -2.13. The molecule has 0 atom stereocenters. The van der Waals surface area contributed by atoms with E-state index in [0.717, 1.165) is 17.7 Å². The Balaban J connectivity index is 1.63. The van der Waals surface area contributed by atoms with E-state index in [9.17, 15) is 22.4 Å². The van der Waals surface area contributed by atoms with Crippen LogP contribution in [0.2, 0.25) is 0 Å². The van der Waals surface area contributed by atoms with E-state index in [4.69, 9.17) is 9.47 Å². The molecule has 4 nitrogen and oxygen atoms in total. The van der Waals surface area contributed by atoms with Crippen molar-refractivity contribution in [3.8, 4) is 11.5 Å². The Hall–Kier alpha value is -3.33. The van der Waals surface area contributed by atoms with Crippen LogP contribution in [-0.2, 0) is 17.6 Å². The SMILES string of the molecule is COc1cc(/C=C2\C(=O)Nc3cc(C(F)(F)F)ccc32)c(Br)cc1OCc1ccc(F)cc1. The number of anilines is 1. The van der Waals surface area contributed by atoms with E-state index in [0.29, 0.717) is 27.1 Å². The molecule has 1 aliphatic heterocycles. The number of fused-ring (bicyclic) bond motifs is 1. The maximum absolute atomic E-state index is 13.1. The van der Waals surface area contributed by atoms with Gasteiger partial charge in [0.2, 0.25) is 0 Å². The number of benzene rings is 3. The van der Waals surface area contributed by atoms with Gasteiger partial charge in [-0.1, -0.05) is 34.1 Å². The third-order valence-corrected chi connectivity index (χ3v) is 5.71. The molecule has 4 rings (SSSR count). The molecular formula is C24H16BrF4NO3. The molecule has 0 aromatic heterocycles. The summed E-state index contributed by atoms with van der Waals surface area (Å²) in [6.45, 7) is 0.181. The number of alkyl halides is 3. The van der Waals surface area contributed by atoms with Gasteiger partial charge in [0.05, 0.1) is 12.7 Å². The summed E-state index contributed by atoms with van der Waals surface area (Å²) in [7, 11) is 1.46. The van der Waals surface area contributed by atoms with Gasteiger partial charge in [-0.05, 0) is 53.6 Å². The second-order valence-electron chi connectivity index (χ2n) is 7.21. The van der Waals surface area contributed by atoms with Gasteiger partial charge in [-0.25, -0.2) is 4.39 Å². The molecule has 0 spiro atoms. The molecule has 3 aromatic rings. The van der Waals surface area contributed by atoms with Gasteiger partial charge in [0.1, 0.15) is 12.4 Å². The van der Waals surface area contributed by atoms with Crippen molar-refractivity contribution in [3.05, 3.63) is 87.1 Å². The van der Waals surface area contributed by atoms with Crippen molar-refractivity contribution >= 4 is 39.2 Å². The highest BCUT2D eigenvalue weighted by Gasteiger charge is 2.33. The summed E-state index contributed by atoms with van der Waals surface area (Å²) in [6.07, 6.45) is -2.95. The molecule has 33 heavy (non-hydrogen) atoms. The number of hydrogen-bond donors (Lipinski definition) is 1. The lowest BCUT2D eigenvalue weighted by Crippen LogP contribution is -2.06. The van der Waals surface area contributed by atoms with Crippen molar-refractivity contribution in [1.29, 1.82) is 0 Å². The van der Waals surface area contributed by atoms with Gasteiger partial charge in [0.25, 0.3) is 5.91 Å². The van der Waals surface area contributed by atoms with Gasteiger partial charge >= 0.3 is 6.18 Å². The van der Waals surface area contributed by atoms with Gasteiger partial charge in [-0.15, -0.1) is 0 Å². The van der Waals surface area contributed by atoms with Crippen molar-refractivity contribution < 1.29 is 31.8 Å². The first-order valence-corrected chi connectivity index (χ1v) is 10.4. The molecule has 0 bridgehead atoms. The van der Waals surface area contributed by atoms with E-state index in [1.54, 1.807) is 30.3 Å². The minimum Gasteiger partial charge on any atom is -0.493 e. The van der Waals surface area contributed by atoms with Crippen LogP contribution < -0.4 is 14.8 Å². The molecule has 1 N–H and O–H groups in total. The number of rotatable bonds is 5. The van der Waals surface area contributed by atoms with Gasteiger partial charge in [-0.3, -0.25) is 4.79 Å². The third kappa shape index (κ3) is 4.88. The summed E-state index contributed by atoms with van der Waals surface area (Å²) in [4.78, 5) is 12.5. The Labute approximate surface area is 195 Å². The predicted molar refractivity (Wildman–Crippen MR) is 119 cm³/mol. The molecule has 1 aliphatic rings. The fourth-order valence-electron chi connectivity index (χ4n) is 3.35. The molecule has 0 saturated carbocycles. The van der Waals surface area contributed by atoms with Crippen molar-refractivity contribution in [3.63, 3.8) is 0 Å². The molecule has 1 amide bonds. The zero-order valence-corrected chi connectivity index (χ0v) is 18.7. The molecule has 0 saturated heterocycles. The summed E-state index contributed by atoms with van der Waals surface area (Å²) in [5, 5.41) is 2.48. The van der Waals surface area contributed by atoms with Crippen LogP contribution in [0.4, 0.5) is 23.2 Å². The largest absolute Gasteiger partial charge is 0.493 e. The zero-order valence-electron chi connectivity index (χ0n) is 17.1. The highest BCUT2D eigenvalue weighted by molar-refractivity contribution is 9.10. The summed E-state index contributed by atoms with van der Waals surface area (Å²) < 4.78 is 63.8. The number of halogens is 5. The molecule has 0 radical (unpaired) electrons. The molecule has 3 aromatic carbocycles. The average Bonchev–Trinajstić information content (AvgIpc) is 3.08. The standard InChI is InChI=1S/C24H16BrF4NO3/c1-32-21-9-14(19(25)11-22(21)33-12-13-2-5-16(26)6-3-13)8-18-17-7-4-15(24(27,28)29)10-20(17)30-23(18)31/h2-11H,12H2,1H3,(H,30,31)/b18-8-. The Kier molecular flexibility index (Phi) is 6.16. The molecule has 9 heteroatoms. The van der Waals surface area contributed by atoms with Crippen LogP contribution in [-0.4, -0.2) is 13.0 Å². The maximum atomic E-state index is 13.1. The second kappa shape index (κ2) is 8.90. The van der Waals surface area contributed by atoms with E-state index in [-0.39, 0.29) is 23.7 Å². The number of amides is 1. The highest BCUT2D eigenvalue weighted by atomic mass is 79.9. The van der Waals surface area contributed by atoms with E-state index in [1.807, 2.05) is 0 Å². The number of methoxy groups -OCH3 is 1. The minimum absolute atomic E-state index is 0.100. The number of carbonyl (C=O) groups excluding carboxylic acids is 1. The molecular weight excluding hydrogens is 506 g/mol. The first kappa shape index (κ1) is 22.8. The Morgan fingerprint density at radius 1 is 1.03 bits per heavy atom. The number of ether oxygens (including phenoxy) is 2. The van der Waals surface area contributed by atoms with Gasteiger partial charge in [0, 0.05) is 21.3 Å². The predicted octanol–water partition coefficient (Wildman–Crippen LogP) is 6.69. The monoisotopic (exact) mass is 521 g/mol. The first-order valence-electron chi connectivity index (χ1n) is 9.65. The van der Waals surface area contributed by atoms with Crippen LogP contribution >= 0.6 is 15.9 Å². The molecule has 0 fully saturated rings. The molecule has 1 heterocycles. The smallest absolute Gasteiger partial charge is 0.416 e. The van der Waals surface area contributed by atoms with Crippen molar-refractivity contribution in [2.45, 2.75) is 12.8 Å². The Morgan fingerprint density at radius 2 is 1.76 bits per heavy atom. The highest BCUT2D eigenvalue weighted by Crippen LogP contribution is 2.40. The number of nitrogens with one attached hydrogen (secondary N) is 1. The van der Waals surface area contributed by atoms with Gasteiger partial charge < -0.3 is 14.8 Å². The van der Waals surface area contributed by atoms with E-state index < -0.39 is 17.6 Å². The summed E-state index contributed by atoms with van der Waals surface area (Å²) >= 11 is 3.44. The first-order chi connectivity index (χ1) is 15.7. The lowest BCUT2D eigenvalue weighted by molar-refractivity contribution is -0.137. The molecule has 0 aliphatic carbocycles. The normalized spacial score (nSPS) is 14.2. The topological polar surface area (TPSA) is 47.6 Å². The van der Waals surface area contributed by atoms with Crippen LogP contribution in [0.5, 0.6) is 11.5 Å². The van der Waals surface area contributed by atoms with E-state index in [1.165, 1.54) is 25.3 Å². The Morgan fingerprint density at radius 3 is 2.42 bits per heavy atom. The van der Waals surface area contributed by atoms with Gasteiger partial charge in [0.15, 0.2) is 11.5 Å². The third-order valence-electron chi connectivity index (χ3n) is 5.02. The van der Waals surface area contributed by atoms with E-state index in [2.05, 4.69) is 21.2 Å². The number of hydrogen-bond acceptors (Lipinski definition) is 3. The summed E-state index contributed by atoms with van der Waals surface area (Å²) in [5.41, 5.74) is 1.19. The maximum Gasteiger partial charge on any atom is 0.416 e. The van der Waals surface area contributed by atoms with Crippen molar-refractivity contribution in [1.82, 2.24) is 0 Å². The second-order valence-corrected chi connectivity index (χ2v) is 8.06. The fraction of sp³-hybridized carbons (Fsp3) is 0.125. The quantitative estimate of drug-likeness (QED) is 0.300. The summed E-state index contributed by atoms with van der Waals surface area (Å²) in [5.74, 6) is -0.0457.